The second kappa shape index (κ2) is 3.48. The molecule has 1 N–H and O–H groups in total. The molecule has 0 radical (unpaired) electrons. The molecular formula is C10H13NO. The van der Waals surface area contributed by atoms with Crippen LogP contribution in [0, 0.1) is 5.41 Å². The molecule has 0 amide bonds. The van der Waals surface area contributed by atoms with Crippen LogP contribution in [0.15, 0.2) is 23.3 Å². The summed E-state index contributed by atoms with van der Waals surface area (Å²) in [7, 11) is 0. The Labute approximate surface area is 72.5 Å². The molecule has 0 atom stereocenters. The van der Waals surface area contributed by atoms with Crippen LogP contribution in [0.25, 0.3) is 0 Å². The molecule has 1 rings (SSSR count). The maximum atomic E-state index is 11.3. The standard InChI is InChI=1S/C10H13NO/c1-3-7-8(4-2)10(12)6-5-9(7)11/h5-6,11H,3-4H2,1-2H3. The van der Waals surface area contributed by atoms with Crippen LogP contribution in [0.2, 0.25) is 0 Å². The third kappa shape index (κ3) is 1.37. The van der Waals surface area contributed by atoms with Crippen molar-refractivity contribution < 1.29 is 4.79 Å². The third-order valence-electron chi connectivity index (χ3n) is 2.10. The Morgan fingerprint density at radius 2 is 1.75 bits per heavy atom. The van der Waals surface area contributed by atoms with Gasteiger partial charge in [0.1, 0.15) is 0 Å². The van der Waals surface area contributed by atoms with E-state index in [0.717, 1.165) is 24.0 Å². The van der Waals surface area contributed by atoms with Crippen LogP contribution < -0.4 is 0 Å². The minimum atomic E-state index is 0.0744. The molecule has 64 valence electrons. The molecule has 2 nitrogen and oxygen atoms in total. The quantitative estimate of drug-likeness (QED) is 0.623. The minimum Gasteiger partial charge on any atom is -0.301 e. The van der Waals surface area contributed by atoms with Gasteiger partial charge >= 0.3 is 0 Å². The Morgan fingerprint density at radius 3 is 2.17 bits per heavy atom. The van der Waals surface area contributed by atoms with E-state index < -0.39 is 0 Å². The fourth-order valence-corrected chi connectivity index (χ4v) is 1.46. The maximum Gasteiger partial charge on any atom is 0.182 e. The lowest BCUT2D eigenvalue weighted by molar-refractivity contribution is -0.111. The summed E-state index contributed by atoms with van der Waals surface area (Å²) >= 11 is 0. The van der Waals surface area contributed by atoms with Gasteiger partial charge in [0.2, 0.25) is 0 Å². The topological polar surface area (TPSA) is 40.9 Å². The first kappa shape index (κ1) is 8.91. The van der Waals surface area contributed by atoms with E-state index in [2.05, 4.69) is 0 Å². The van der Waals surface area contributed by atoms with E-state index in [4.69, 9.17) is 5.41 Å². The van der Waals surface area contributed by atoms with Crippen molar-refractivity contribution in [1.29, 1.82) is 5.41 Å². The van der Waals surface area contributed by atoms with E-state index in [1.165, 1.54) is 6.08 Å². The second-order valence-electron chi connectivity index (χ2n) is 2.78. The van der Waals surface area contributed by atoms with Gasteiger partial charge in [0.25, 0.3) is 0 Å². The summed E-state index contributed by atoms with van der Waals surface area (Å²) in [5.41, 5.74) is 2.21. The molecule has 0 aromatic heterocycles. The van der Waals surface area contributed by atoms with Gasteiger partial charge in [-0.1, -0.05) is 13.8 Å². The summed E-state index contributed by atoms with van der Waals surface area (Å²) in [6.45, 7) is 3.93. The molecule has 0 aliphatic heterocycles. The number of hydrogen-bond acceptors (Lipinski definition) is 2. The average molecular weight is 163 g/mol. The Bertz CT molecular complexity index is 256. The summed E-state index contributed by atoms with van der Waals surface area (Å²) in [5, 5.41) is 7.57. The van der Waals surface area contributed by atoms with Crippen LogP contribution in [0.3, 0.4) is 0 Å². The predicted molar refractivity (Wildman–Crippen MR) is 49.5 cm³/mol. The van der Waals surface area contributed by atoms with Gasteiger partial charge in [-0.15, -0.1) is 0 Å². The molecule has 0 unspecified atom stereocenters. The number of rotatable bonds is 2. The summed E-state index contributed by atoms with van der Waals surface area (Å²) in [6.07, 6.45) is 4.58. The van der Waals surface area contributed by atoms with Gasteiger partial charge in [0.05, 0.1) is 5.71 Å². The van der Waals surface area contributed by atoms with Crippen molar-refractivity contribution in [2.45, 2.75) is 26.7 Å². The molecule has 0 bridgehead atoms. The van der Waals surface area contributed by atoms with E-state index in [0.29, 0.717) is 5.71 Å². The summed E-state index contributed by atoms with van der Waals surface area (Å²) in [5.74, 6) is 0.0744. The monoisotopic (exact) mass is 163 g/mol. The Kier molecular flexibility index (Phi) is 2.58. The van der Waals surface area contributed by atoms with Gasteiger partial charge in [-0.05, 0) is 30.6 Å². The van der Waals surface area contributed by atoms with Crippen LogP contribution in [-0.4, -0.2) is 11.5 Å². The highest BCUT2D eigenvalue weighted by Gasteiger charge is 2.16. The first-order valence-corrected chi connectivity index (χ1v) is 4.24. The molecular weight excluding hydrogens is 150 g/mol. The van der Waals surface area contributed by atoms with Crippen molar-refractivity contribution >= 4 is 11.5 Å². The lowest BCUT2D eigenvalue weighted by atomic mass is 9.91. The molecule has 2 heteroatoms. The van der Waals surface area contributed by atoms with Crippen LogP contribution in [0.5, 0.6) is 0 Å². The molecule has 0 saturated carbocycles. The molecule has 0 saturated heterocycles. The second-order valence-corrected chi connectivity index (χ2v) is 2.78. The van der Waals surface area contributed by atoms with Crippen molar-refractivity contribution in [1.82, 2.24) is 0 Å². The number of ketones is 1. The highest BCUT2D eigenvalue weighted by molar-refractivity contribution is 6.21. The van der Waals surface area contributed by atoms with Gasteiger partial charge < -0.3 is 5.41 Å². The lowest BCUT2D eigenvalue weighted by Crippen LogP contribution is -2.13. The lowest BCUT2D eigenvalue weighted by Gasteiger charge is -2.13. The van der Waals surface area contributed by atoms with Crippen LogP contribution >= 0.6 is 0 Å². The number of carbonyl (C=O) groups excluding carboxylic acids is 1. The van der Waals surface area contributed by atoms with E-state index in [1.807, 2.05) is 13.8 Å². The fraction of sp³-hybridized carbons (Fsp3) is 0.400. The van der Waals surface area contributed by atoms with Crippen molar-refractivity contribution in [3.05, 3.63) is 23.3 Å². The van der Waals surface area contributed by atoms with E-state index in [9.17, 15) is 4.79 Å². The van der Waals surface area contributed by atoms with Gasteiger partial charge in [-0.25, -0.2) is 0 Å². The Balaban J connectivity index is 3.11. The molecule has 0 aromatic rings. The first-order valence-electron chi connectivity index (χ1n) is 4.24. The van der Waals surface area contributed by atoms with Crippen LogP contribution in [0.4, 0.5) is 0 Å². The summed E-state index contributed by atoms with van der Waals surface area (Å²) in [6, 6.07) is 0. The maximum absolute atomic E-state index is 11.3. The SMILES string of the molecule is CCC1=C(CC)C(=O)C=CC1=N. The molecule has 1 aliphatic rings. The Morgan fingerprint density at radius 1 is 1.17 bits per heavy atom. The van der Waals surface area contributed by atoms with Crippen molar-refractivity contribution in [2.75, 3.05) is 0 Å². The molecule has 0 heterocycles. The minimum absolute atomic E-state index is 0.0744. The normalized spacial score (nSPS) is 17.5. The highest BCUT2D eigenvalue weighted by Crippen LogP contribution is 2.19. The third-order valence-corrected chi connectivity index (χ3v) is 2.10. The zero-order valence-corrected chi connectivity index (χ0v) is 7.48. The fourth-order valence-electron chi connectivity index (χ4n) is 1.46. The molecule has 1 aliphatic carbocycles. The van der Waals surface area contributed by atoms with Crippen LogP contribution in [-0.2, 0) is 4.79 Å². The van der Waals surface area contributed by atoms with Crippen LogP contribution in [0.1, 0.15) is 26.7 Å². The summed E-state index contributed by atoms with van der Waals surface area (Å²) in [4.78, 5) is 11.3. The highest BCUT2D eigenvalue weighted by atomic mass is 16.1. The van der Waals surface area contributed by atoms with E-state index in [-0.39, 0.29) is 5.78 Å². The molecule has 0 fully saturated rings. The zero-order chi connectivity index (χ0) is 9.14. The Hall–Kier alpha value is -1.18. The molecule has 12 heavy (non-hydrogen) atoms. The van der Waals surface area contributed by atoms with E-state index >= 15 is 0 Å². The van der Waals surface area contributed by atoms with Crippen molar-refractivity contribution in [2.24, 2.45) is 0 Å². The van der Waals surface area contributed by atoms with Gasteiger partial charge in [-0.3, -0.25) is 4.79 Å². The smallest absolute Gasteiger partial charge is 0.182 e. The van der Waals surface area contributed by atoms with Gasteiger partial charge in [0, 0.05) is 5.57 Å². The summed E-state index contributed by atoms with van der Waals surface area (Å²) < 4.78 is 0. The zero-order valence-electron chi connectivity index (χ0n) is 7.48. The van der Waals surface area contributed by atoms with Gasteiger partial charge in [-0.2, -0.15) is 0 Å². The van der Waals surface area contributed by atoms with E-state index in [1.54, 1.807) is 6.08 Å². The molecule has 0 aromatic carbocycles. The number of hydrogen-bond donors (Lipinski definition) is 1. The predicted octanol–water partition coefficient (Wildman–Crippen LogP) is 2.26. The first-order chi connectivity index (χ1) is 5.70. The van der Waals surface area contributed by atoms with Gasteiger partial charge in [0.15, 0.2) is 5.78 Å². The molecule has 0 spiro atoms. The number of carbonyl (C=O) groups is 1. The number of allylic oxidation sites excluding steroid dienone is 4. The largest absolute Gasteiger partial charge is 0.301 e. The average Bonchev–Trinajstić information content (AvgIpc) is 2.08. The van der Waals surface area contributed by atoms with Crippen molar-refractivity contribution in [3.63, 3.8) is 0 Å². The number of nitrogens with one attached hydrogen (secondary N) is 1. The van der Waals surface area contributed by atoms with Crippen molar-refractivity contribution in [3.8, 4) is 0 Å².